The molecule has 1 N–H and O–H groups in total. The Morgan fingerprint density at radius 1 is 1.43 bits per heavy atom. The third-order valence-electron chi connectivity index (χ3n) is 3.14. The van der Waals surface area contributed by atoms with Crippen LogP contribution in [0.3, 0.4) is 0 Å². The minimum absolute atomic E-state index is 0.179. The minimum Gasteiger partial charge on any atom is -0.352 e. The number of piperidine rings is 1. The number of likely N-dealkylation sites (N-methyl/N-ethyl adjacent to an activating group) is 1. The predicted molar refractivity (Wildman–Crippen MR) is 58.2 cm³/mol. The fourth-order valence-electron chi connectivity index (χ4n) is 2.17. The van der Waals surface area contributed by atoms with Crippen LogP contribution in [0, 0.1) is 0 Å². The Bertz CT molecular complexity index is 194. The van der Waals surface area contributed by atoms with Crippen molar-refractivity contribution in [2.75, 3.05) is 13.6 Å². The highest BCUT2D eigenvalue weighted by atomic mass is 16.1. The van der Waals surface area contributed by atoms with Crippen LogP contribution in [0.5, 0.6) is 0 Å². The molecule has 2 atom stereocenters. The summed E-state index contributed by atoms with van der Waals surface area (Å²) in [6, 6.07) is 1.08. The summed E-state index contributed by atoms with van der Waals surface area (Å²) in [4.78, 5) is 13.6. The number of carbonyl (C=O) groups excluding carboxylic acids is 1. The molecule has 2 unspecified atom stereocenters. The number of hydrogen-bond acceptors (Lipinski definition) is 2. The van der Waals surface area contributed by atoms with E-state index in [9.17, 15) is 4.79 Å². The largest absolute Gasteiger partial charge is 0.352 e. The van der Waals surface area contributed by atoms with Gasteiger partial charge < -0.3 is 10.2 Å². The second kappa shape index (κ2) is 5.35. The van der Waals surface area contributed by atoms with Gasteiger partial charge in [-0.3, -0.25) is 4.79 Å². The zero-order valence-corrected chi connectivity index (χ0v) is 9.55. The van der Waals surface area contributed by atoms with E-state index in [1.54, 1.807) is 0 Å². The highest BCUT2D eigenvalue weighted by Crippen LogP contribution is 2.17. The van der Waals surface area contributed by atoms with E-state index in [1.165, 1.54) is 12.8 Å². The average molecular weight is 198 g/mol. The van der Waals surface area contributed by atoms with Gasteiger partial charge in [-0.2, -0.15) is 0 Å². The maximum absolute atomic E-state index is 11.2. The van der Waals surface area contributed by atoms with E-state index in [-0.39, 0.29) is 5.91 Å². The number of carbonyl (C=O) groups is 1. The Balaban J connectivity index is 2.35. The van der Waals surface area contributed by atoms with Gasteiger partial charge >= 0.3 is 0 Å². The molecule has 1 heterocycles. The summed E-state index contributed by atoms with van der Waals surface area (Å²) in [6.07, 6.45) is 4.15. The molecule has 0 aromatic rings. The molecule has 1 amide bonds. The predicted octanol–water partition coefficient (Wildman–Crippen LogP) is 1.39. The van der Waals surface area contributed by atoms with Crippen molar-refractivity contribution < 1.29 is 4.79 Å². The Hall–Kier alpha value is -0.570. The van der Waals surface area contributed by atoms with Gasteiger partial charge in [-0.1, -0.05) is 13.8 Å². The zero-order valence-electron chi connectivity index (χ0n) is 9.55. The van der Waals surface area contributed by atoms with E-state index in [0.29, 0.717) is 18.5 Å². The molecule has 1 saturated heterocycles. The van der Waals surface area contributed by atoms with Gasteiger partial charge in [0.2, 0.25) is 5.91 Å². The van der Waals surface area contributed by atoms with Crippen molar-refractivity contribution in [3.8, 4) is 0 Å². The Labute approximate surface area is 86.9 Å². The lowest BCUT2D eigenvalue weighted by Crippen LogP contribution is -2.49. The Morgan fingerprint density at radius 2 is 2.14 bits per heavy atom. The lowest BCUT2D eigenvalue weighted by Gasteiger charge is -2.37. The fourth-order valence-corrected chi connectivity index (χ4v) is 2.17. The molecule has 0 aromatic heterocycles. The Kier molecular flexibility index (Phi) is 4.39. The van der Waals surface area contributed by atoms with Crippen molar-refractivity contribution in [3.63, 3.8) is 0 Å². The van der Waals surface area contributed by atoms with Gasteiger partial charge in [0.1, 0.15) is 0 Å². The summed E-state index contributed by atoms with van der Waals surface area (Å²) in [6.45, 7) is 5.13. The molecule has 3 heteroatoms. The smallest absolute Gasteiger partial charge is 0.219 e. The molecule has 0 aromatic carbocycles. The molecule has 3 nitrogen and oxygen atoms in total. The molecule has 0 bridgehead atoms. The first-order valence-corrected chi connectivity index (χ1v) is 5.67. The normalized spacial score (nSPS) is 28.8. The first-order valence-electron chi connectivity index (χ1n) is 5.67. The molecular formula is C11H22N2O. The maximum Gasteiger partial charge on any atom is 0.219 e. The topological polar surface area (TPSA) is 32.3 Å². The molecule has 0 saturated carbocycles. The van der Waals surface area contributed by atoms with Crippen LogP contribution in [-0.2, 0) is 4.79 Å². The molecule has 82 valence electrons. The molecular weight excluding hydrogens is 176 g/mol. The molecule has 14 heavy (non-hydrogen) atoms. The summed E-state index contributed by atoms with van der Waals surface area (Å²) in [5.74, 6) is 0.179. The molecule has 1 aliphatic heterocycles. The molecule has 1 aliphatic rings. The average Bonchev–Trinajstić information content (AvgIpc) is 2.18. The standard InChI is InChI=1S/C11H22N2O/c1-4-10-7-6-9(8-13(10)3)12-11(14)5-2/h9-10H,4-8H2,1-3H3,(H,12,14). The van der Waals surface area contributed by atoms with Crippen LogP contribution >= 0.6 is 0 Å². The van der Waals surface area contributed by atoms with Crippen molar-refractivity contribution in [3.05, 3.63) is 0 Å². The van der Waals surface area contributed by atoms with Crippen molar-refractivity contribution in [1.29, 1.82) is 0 Å². The molecule has 0 aliphatic carbocycles. The molecule has 0 spiro atoms. The highest BCUT2D eigenvalue weighted by molar-refractivity contribution is 5.75. The second-order valence-electron chi connectivity index (χ2n) is 4.20. The van der Waals surface area contributed by atoms with Gasteiger partial charge in [0.05, 0.1) is 0 Å². The van der Waals surface area contributed by atoms with Crippen molar-refractivity contribution in [1.82, 2.24) is 10.2 Å². The van der Waals surface area contributed by atoms with Crippen LogP contribution in [-0.4, -0.2) is 36.5 Å². The van der Waals surface area contributed by atoms with E-state index < -0.39 is 0 Å². The van der Waals surface area contributed by atoms with Gasteiger partial charge in [-0.15, -0.1) is 0 Å². The summed E-state index contributed by atoms with van der Waals surface area (Å²) in [7, 11) is 2.15. The van der Waals surface area contributed by atoms with Crippen molar-refractivity contribution in [2.45, 2.75) is 51.6 Å². The number of nitrogens with zero attached hydrogens (tertiary/aromatic N) is 1. The molecule has 1 rings (SSSR count). The van der Waals surface area contributed by atoms with E-state index >= 15 is 0 Å². The van der Waals surface area contributed by atoms with Crippen LogP contribution in [0.2, 0.25) is 0 Å². The monoisotopic (exact) mass is 198 g/mol. The lowest BCUT2D eigenvalue weighted by atomic mass is 9.97. The maximum atomic E-state index is 11.2. The molecule has 1 fully saturated rings. The summed E-state index contributed by atoms with van der Waals surface area (Å²) in [5.41, 5.74) is 0. The van der Waals surface area contributed by atoms with Gasteiger partial charge in [0, 0.05) is 25.0 Å². The van der Waals surface area contributed by atoms with Crippen LogP contribution in [0.4, 0.5) is 0 Å². The van der Waals surface area contributed by atoms with Gasteiger partial charge in [0.25, 0.3) is 0 Å². The first kappa shape index (κ1) is 11.5. The van der Waals surface area contributed by atoms with Crippen LogP contribution in [0.1, 0.15) is 39.5 Å². The zero-order chi connectivity index (χ0) is 10.6. The number of nitrogens with one attached hydrogen (secondary N) is 1. The number of hydrogen-bond donors (Lipinski definition) is 1. The highest BCUT2D eigenvalue weighted by Gasteiger charge is 2.24. The van der Waals surface area contributed by atoms with Crippen LogP contribution in [0.15, 0.2) is 0 Å². The van der Waals surface area contributed by atoms with E-state index in [2.05, 4.69) is 24.2 Å². The van der Waals surface area contributed by atoms with Crippen molar-refractivity contribution >= 4 is 5.91 Å². The lowest BCUT2D eigenvalue weighted by molar-refractivity contribution is -0.121. The quantitative estimate of drug-likeness (QED) is 0.743. The van der Waals surface area contributed by atoms with E-state index in [4.69, 9.17) is 0 Å². The summed E-state index contributed by atoms with van der Waals surface area (Å²) >= 11 is 0. The van der Waals surface area contributed by atoms with Gasteiger partial charge in [0.15, 0.2) is 0 Å². The number of rotatable bonds is 3. The third-order valence-corrected chi connectivity index (χ3v) is 3.14. The Morgan fingerprint density at radius 3 is 2.64 bits per heavy atom. The molecule has 0 radical (unpaired) electrons. The summed E-state index contributed by atoms with van der Waals surface area (Å²) in [5, 5.41) is 3.06. The van der Waals surface area contributed by atoms with Crippen molar-refractivity contribution in [2.24, 2.45) is 0 Å². The van der Waals surface area contributed by atoms with Gasteiger partial charge in [-0.05, 0) is 26.3 Å². The SMILES string of the molecule is CCC(=O)NC1CCC(CC)N(C)C1. The minimum atomic E-state index is 0.179. The number of likely N-dealkylation sites (tertiary alicyclic amines) is 1. The summed E-state index contributed by atoms with van der Waals surface area (Å²) < 4.78 is 0. The van der Waals surface area contributed by atoms with Gasteiger partial charge in [-0.25, -0.2) is 0 Å². The number of amides is 1. The third kappa shape index (κ3) is 2.98. The van der Waals surface area contributed by atoms with Crippen LogP contribution < -0.4 is 5.32 Å². The van der Waals surface area contributed by atoms with E-state index in [0.717, 1.165) is 13.0 Å². The second-order valence-corrected chi connectivity index (χ2v) is 4.20. The fraction of sp³-hybridized carbons (Fsp3) is 0.909. The van der Waals surface area contributed by atoms with E-state index in [1.807, 2.05) is 6.92 Å². The first-order chi connectivity index (χ1) is 6.67. The van der Waals surface area contributed by atoms with Crippen LogP contribution in [0.25, 0.3) is 0 Å².